The van der Waals surface area contributed by atoms with Gasteiger partial charge in [0.25, 0.3) is 0 Å². The van der Waals surface area contributed by atoms with Crippen LogP contribution in [0.15, 0.2) is 64.4 Å². The molecule has 2 N–H and O–H groups in total. The molecule has 1 fully saturated rings. The molecule has 0 aliphatic carbocycles. The Morgan fingerprint density at radius 1 is 1.00 bits per heavy atom. The lowest BCUT2D eigenvalue weighted by molar-refractivity contribution is -0.136. The minimum atomic E-state index is -0.648. The van der Waals surface area contributed by atoms with Crippen molar-refractivity contribution < 1.29 is 14.3 Å². The number of ether oxygens (including phenoxy) is 1. The second-order valence-corrected chi connectivity index (χ2v) is 9.00. The van der Waals surface area contributed by atoms with E-state index in [0.717, 1.165) is 22.6 Å². The minimum absolute atomic E-state index is 0.172. The van der Waals surface area contributed by atoms with E-state index in [1.165, 1.54) is 0 Å². The van der Waals surface area contributed by atoms with Gasteiger partial charge in [0.05, 0.1) is 0 Å². The molecule has 1 saturated heterocycles. The molecule has 148 valence electrons. The fourth-order valence-electron chi connectivity index (χ4n) is 3.01. The van der Waals surface area contributed by atoms with Crippen LogP contribution in [0.1, 0.15) is 12.8 Å². The Kier molecular flexibility index (Phi) is 7.42. The molecule has 28 heavy (non-hydrogen) atoms. The Morgan fingerprint density at radius 3 is 2.43 bits per heavy atom. The maximum atomic E-state index is 12.4. The van der Waals surface area contributed by atoms with Gasteiger partial charge in [-0.3, -0.25) is 9.59 Å². The van der Waals surface area contributed by atoms with E-state index in [4.69, 9.17) is 4.74 Å². The number of benzene rings is 2. The average molecular weight is 417 g/mol. The molecule has 0 bridgehead atoms. The molecular weight excluding hydrogens is 392 g/mol. The van der Waals surface area contributed by atoms with Gasteiger partial charge in [-0.25, -0.2) is 0 Å². The van der Waals surface area contributed by atoms with Crippen molar-refractivity contribution in [1.82, 2.24) is 5.32 Å². The third kappa shape index (κ3) is 5.77. The summed E-state index contributed by atoms with van der Waals surface area (Å²) in [6, 6.07) is 17.6. The van der Waals surface area contributed by atoms with Gasteiger partial charge in [0.15, 0.2) is 0 Å². The zero-order chi connectivity index (χ0) is 19.8. The van der Waals surface area contributed by atoms with Gasteiger partial charge in [-0.05, 0) is 49.4 Å². The predicted octanol–water partition coefficient (Wildman–Crippen LogP) is 3.80. The Hall–Kier alpha value is -1.96. The van der Waals surface area contributed by atoms with Gasteiger partial charge >= 0.3 is 11.8 Å². The first kappa shape index (κ1) is 20.8. The first-order valence-electron chi connectivity index (χ1n) is 9.15. The lowest BCUT2D eigenvalue weighted by atomic mass is 9.99. The molecule has 2 aromatic carbocycles. The fraction of sp³-hybridized carbons (Fsp3) is 0.333. The van der Waals surface area contributed by atoms with Crippen LogP contribution in [0.25, 0.3) is 0 Å². The van der Waals surface area contributed by atoms with Gasteiger partial charge < -0.3 is 15.4 Å². The highest BCUT2D eigenvalue weighted by atomic mass is 32.2. The first-order chi connectivity index (χ1) is 13.6. The topological polar surface area (TPSA) is 67.4 Å². The Balaban J connectivity index is 1.60. The molecule has 3 rings (SSSR count). The number of anilines is 1. The van der Waals surface area contributed by atoms with E-state index in [2.05, 4.69) is 22.8 Å². The molecule has 2 aromatic rings. The number of hydrogen-bond acceptors (Lipinski definition) is 5. The number of thioether (sulfide) groups is 2. The number of carbonyl (C=O) groups is 2. The third-order valence-electron chi connectivity index (χ3n) is 4.59. The maximum Gasteiger partial charge on any atom is 0.313 e. The molecule has 0 atom stereocenters. The smallest absolute Gasteiger partial charge is 0.313 e. The Bertz CT molecular complexity index is 808. The van der Waals surface area contributed by atoms with Crippen molar-refractivity contribution in [2.45, 2.75) is 27.4 Å². The monoisotopic (exact) mass is 416 g/mol. The Morgan fingerprint density at radius 2 is 1.71 bits per heavy atom. The molecule has 0 saturated carbocycles. The normalized spacial score (nSPS) is 15.6. The lowest BCUT2D eigenvalue weighted by Crippen LogP contribution is -2.47. The molecule has 0 radical (unpaired) electrons. The van der Waals surface area contributed by atoms with Crippen LogP contribution in [-0.4, -0.2) is 42.6 Å². The molecule has 0 unspecified atom stereocenters. The highest BCUT2D eigenvalue weighted by Gasteiger charge is 2.34. The Labute approximate surface area is 174 Å². The first-order valence-corrected chi connectivity index (χ1v) is 11.2. The quantitative estimate of drug-likeness (QED) is 0.554. The second kappa shape index (κ2) is 10.0. The van der Waals surface area contributed by atoms with Gasteiger partial charge in [-0.2, -0.15) is 0 Å². The molecule has 7 heteroatoms. The summed E-state index contributed by atoms with van der Waals surface area (Å²) in [5.74, 6) is -1.26. The SMILES string of the molecule is CSc1cccc(NC(=O)C(=O)NCC2(Sc3ccccc3)CCOCC2)c1. The number of nitrogens with one attached hydrogen (secondary N) is 2. The van der Waals surface area contributed by atoms with Crippen molar-refractivity contribution in [3.63, 3.8) is 0 Å². The second-order valence-electron chi connectivity index (χ2n) is 6.58. The van der Waals surface area contributed by atoms with Crippen molar-refractivity contribution in [3.05, 3.63) is 54.6 Å². The predicted molar refractivity (Wildman–Crippen MR) is 115 cm³/mol. The van der Waals surface area contributed by atoms with Crippen LogP contribution in [-0.2, 0) is 14.3 Å². The molecule has 5 nitrogen and oxygen atoms in total. The van der Waals surface area contributed by atoms with E-state index in [1.807, 2.05) is 42.7 Å². The van der Waals surface area contributed by atoms with Crippen LogP contribution in [0.5, 0.6) is 0 Å². The van der Waals surface area contributed by atoms with Gasteiger partial charge in [0, 0.05) is 40.0 Å². The van der Waals surface area contributed by atoms with Crippen molar-refractivity contribution in [3.8, 4) is 0 Å². The zero-order valence-electron chi connectivity index (χ0n) is 15.8. The molecular formula is C21H24N2O3S2. The van der Waals surface area contributed by atoms with Gasteiger partial charge in [-0.15, -0.1) is 23.5 Å². The summed E-state index contributed by atoms with van der Waals surface area (Å²) >= 11 is 3.33. The van der Waals surface area contributed by atoms with Gasteiger partial charge in [0.2, 0.25) is 0 Å². The minimum Gasteiger partial charge on any atom is -0.381 e. The molecule has 1 heterocycles. The summed E-state index contributed by atoms with van der Waals surface area (Å²) in [4.78, 5) is 26.8. The molecule has 0 spiro atoms. The van der Waals surface area contributed by atoms with Gasteiger partial charge in [0.1, 0.15) is 0 Å². The van der Waals surface area contributed by atoms with Crippen LogP contribution in [0.3, 0.4) is 0 Å². The van der Waals surface area contributed by atoms with E-state index in [9.17, 15) is 9.59 Å². The largest absolute Gasteiger partial charge is 0.381 e. The highest BCUT2D eigenvalue weighted by Crippen LogP contribution is 2.40. The van der Waals surface area contributed by atoms with E-state index < -0.39 is 11.8 Å². The van der Waals surface area contributed by atoms with Crippen LogP contribution in [0.4, 0.5) is 5.69 Å². The van der Waals surface area contributed by atoms with Crippen molar-refractivity contribution in [2.24, 2.45) is 0 Å². The van der Waals surface area contributed by atoms with E-state index in [1.54, 1.807) is 29.6 Å². The number of rotatable bonds is 6. The number of amides is 2. The summed E-state index contributed by atoms with van der Waals surface area (Å²) in [5.41, 5.74) is 0.617. The number of hydrogen-bond donors (Lipinski definition) is 2. The van der Waals surface area contributed by atoms with Crippen molar-refractivity contribution in [2.75, 3.05) is 31.3 Å². The van der Waals surface area contributed by atoms with E-state index in [0.29, 0.717) is 25.4 Å². The third-order valence-corrected chi connectivity index (χ3v) is 6.81. The van der Waals surface area contributed by atoms with Crippen LogP contribution in [0.2, 0.25) is 0 Å². The summed E-state index contributed by atoms with van der Waals surface area (Å²) in [5, 5.41) is 5.50. The maximum absolute atomic E-state index is 12.4. The molecule has 1 aliphatic rings. The van der Waals surface area contributed by atoms with Gasteiger partial charge in [-0.1, -0.05) is 24.3 Å². The van der Waals surface area contributed by atoms with Crippen LogP contribution < -0.4 is 10.6 Å². The number of carbonyl (C=O) groups excluding carboxylic acids is 2. The summed E-state index contributed by atoms with van der Waals surface area (Å²) in [7, 11) is 0. The summed E-state index contributed by atoms with van der Waals surface area (Å²) < 4.78 is 5.34. The van der Waals surface area contributed by atoms with Crippen molar-refractivity contribution >= 4 is 41.0 Å². The standard InChI is InChI=1S/C21H24N2O3S2/c1-27-18-9-5-6-16(14-18)23-20(25)19(24)22-15-21(10-12-26-13-11-21)28-17-7-3-2-4-8-17/h2-9,14H,10-13,15H2,1H3,(H,22,24)(H,23,25). The van der Waals surface area contributed by atoms with E-state index >= 15 is 0 Å². The van der Waals surface area contributed by atoms with Crippen LogP contribution in [0, 0.1) is 0 Å². The highest BCUT2D eigenvalue weighted by molar-refractivity contribution is 8.00. The molecule has 1 aliphatic heterocycles. The van der Waals surface area contributed by atoms with E-state index in [-0.39, 0.29) is 4.75 Å². The van der Waals surface area contributed by atoms with Crippen molar-refractivity contribution in [1.29, 1.82) is 0 Å². The summed E-state index contributed by atoms with van der Waals surface area (Å²) in [6.45, 7) is 1.74. The molecule has 2 amide bonds. The summed E-state index contributed by atoms with van der Waals surface area (Å²) in [6.07, 6.45) is 3.61. The zero-order valence-corrected chi connectivity index (χ0v) is 17.4. The lowest BCUT2D eigenvalue weighted by Gasteiger charge is -2.36. The van der Waals surface area contributed by atoms with Crippen LogP contribution >= 0.6 is 23.5 Å². The average Bonchev–Trinajstić information content (AvgIpc) is 2.73. The molecule has 0 aromatic heterocycles. The fourth-order valence-corrected chi connectivity index (χ4v) is 4.78.